The molecule has 4 nitrogen and oxygen atoms in total. The molecular weight excluding hydrogens is 281 g/mol. The SMILES string of the molecule is CNCc1ccc(-c2nc(C(F)(F)F)nn2C(C)C)cc1. The molecule has 0 radical (unpaired) electrons. The molecule has 0 bridgehead atoms. The molecule has 21 heavy (non-hydrogen) atoms. The smallest absolute Gasteiger partial charge is 0.316 e. The molecule has 2 rings (SSSR count). The minimum absolute atomic E-state index is 0.208. The lowest BCUT2D eigenvalue weighted by Crippen LogP contribution is -2.10. The molecule has 0 aliphatic heterocycles. The van der Waals surface area contributed by atoms with Crippen molar-refractivity contribution in [1.29, 1.82) is 0 Å². The summed E-state index contributed by atoms with van der Waals surface area (Å²) in [6.07, 6.45) is -4.54. The van der Waals surface area contributed by atoms with Gasteiger partial charge in [0.05, 0.1) is 0 Å². The van der Waals surface area contributed by atoms with Gasteiger partial charge in [-0.1, -0.05) is 24.3 Å². The summed E-state index contributed by atoms with van der Waals surface area (Å²) in [4.78, 5) is 3.66. The molecule has 7 heteroatoms. The average molecular weight is 298 g/mol. The molecule has 114 valence electrons. The second-order valence-electron chi connectivity index (χ2n) is 5.02. The van der Waals surface area contributed by atoms with E-state index in [2.05, 4.69) is 15.4 Å². The van der Waals surface area contributed by atoms with Crippen LogP contribution in [0.1, 0.15) is 31.3 Å². The van der Waals surface area contributed by atoms with Crippen molar-refractivity contribution in [2.75, 3.05) is 7.05 Å². The maximum atomic E-state index is 12.8. The predicted molar refractivity (Wildman–Crippen MR) is 73.6 cm³/mol. The molecule has 1 heterocycles. The van der Waals surface area contributed by atoms with Crippen molar-refractivity contribution in [2.45, 2.75) is 32.6 Å². The minimum Gasteiger partial charge on any atom is -0.316 e. The van der Waals surface area contributed by atoms with Crippen molar-refractivity contribution in [1.82, 2.24) is 20.1 Å². The number of aromatic nitrogens is 3. The molecular formula is C14H17F3N4. The fourth-order valence-corrected chi connectivity index (χ4v) is 1.98. The highest BCUT2D eigenvalue weighted by Gasteiger charge is 2.37. The van der Waals surface area contributed by atoms with Crippen molar-refractivity contribution < 1.29 is 13.2 Å². The zero-order chi connectivity index (χ0) is 15.6. The first-order valence-corrected chi connectivity index (χ1v) is 6.60. The predicted octanol–water partition coefficient (Wildman–Crippen LogP) is 3.26. The van der Waals surface area contributed by atoms with Gasteiger partial charge in [-0.25, -0.2) is 9.67 Å². The normalized spacial score (nSPS) is 12.1. The summed E-state index contributed by atoms with van der Waals surface area (Å²) in [6.45, 7) is 4.24. The van der Waals surface area contributed by atoms with E-state index in [0.29, 0.717) is 12.1 Å². The maximum absolute atomic E-state index is 12.8. The highest BCUT2D eigenvalue weighted by molar-refractivity contribution is 5.56. The summed E-state index contributed by atoms with van der Waals surface area (Å²) in [6, 6.07) is 7.03. The average Bonchev–Trinajstić information content (AvgIpc) is 2.85. The van der Waals surface area contributed by atoms with Gasteiger partial charge in [0.2, 0.25) is 0 Å². The van der Waals surface area contributed by atoms with Crippen LogP contribution in [0.5, 0.6) is 0 Å². The topological polar surface area (TPSA) is 42.7 Å². The molecule has 1 aromatic heterocycles. The fourth-order valence-electron chi connectivity index (χ4n) is 1.98. The standard InChI is InChI=1S/C14H17F3N4/c1-9(2)21-12(19-13(20-21)14(15,16)17)11-6-4-10(5-7-11)8-18-3/h4-7,9,18H,8H2,1-3H3. The van der Waals surface area contributed by atoms with Crippen LogP contribution in [0.25, 0.3) is 11.4 Å². The Balaban J connectivity index is 2.44. The van der Waals surface area contributed by atoms with Gasteiger partial charge < -0.3 is 5.32 Å². The van der Waals surface area contributed by atoms with E-state index >= 15 is 0 Å². The molecule has 1 aromatic carbocycles. The number of hydrogen-bond acceptors (Lipinski definition) is 3. The number of nitrogens with one attached hydrogen (secondary N) is 1. The van der Waals surface area contributed by atoms with Crippen LogP contribution in [-0.2, 0) is 12.7 Å². The Morgan fingerprint density at radius 1 is 1.19 bits per heavy atom. The van der Waals surface area contributed by atoms with Gasteiger partial charge in [0, 0.05) is 18.2 Å². The number of nitrogens with zero attached hydrogens (tertiary/aromatic N) is 3. The van der Waals surface area contributed by atoms with Crippen molar-refractivity contribution in [3.8, 4) is 11.4 Å². The number of hydrogen-bond donors (Lipinski definition) is 1. The number of benzene rings is 1. The molecule has 0 aliphatic rings. The Morgan fingerprint density at radius 3 is 2.29 bits per heavy atom. The Bertz CT molecular complexity index is 600. The van der Waals surface area contributed by atoms with E-state index in [-0.39, 0.29) is 11.9 Å². The van der Waals surface area contributed by atoms with Crippen molar-refractivity contribution >= 4 is 0 Å². The second-order valence-corrected chi connectivity index (χ2v) is 5.02. The second kappa shape index (κ2) is 5.85. The summed E-state index contributed by atoms with van der Waals surface area (Å²) in [5, 5.41) is 6.60. The third-order valence-electron chi connectivity index (χ3n) is 2.97. The summed E-state index contributed by atoms with van der Waals surface area (Å²) in [5.41, 5.74) is 1.67. The van der Waals surface area contributed by atoms with Crippen LogP contribution in [0.3, 0.4) is 0 Å². The largest absolute Gasteiger partial charge is 0.453 e. The van der Waals surface area contributed by atoms with E-state index in [1.165, 1.54) is 4.68 Å². The van der Waals surface area contributed by atoms with Crippen LogP contribution in [0.2, 0.25) is 0 Å². The summed E-state index contributed by atoms with van der Waals surface area (Å²) in [7, 11) is 1.83. The molecule has 0 atom stereocenters. The van der Waals surface area contributed by atoms with Crippen LogP contribution in [0, 0.1) is 0 Å². The van der Waals surface area contributed by atoms with E-state index in [0.717, 1.165) is 5.56 Å². The first kappa shape index (κ1) is 15.5. The van der Waals surface area contributed by atoms with Gasteiger partial charge in [-0.2, -0.15) is 13.2 Å². The molecule has 0 amide bonds. The molecule has 1 N–H and O–H groups in total. The molecule has 0 spiro atoms. The van der Waals surface area contributed by atoms with Gasteiger partial charge in [-0.15, -0.1) is 5.10 Å². The third kappa shape index (κ3) is 3.41. The molecule has 0 fully saturated rings. The Hall–Kier alpha value is -1.89. The van der Waals surface area contributed by atoms with Crippen LogP contribution >= 0.6 is 0 Å². The maximum Gasteiger partial charge on any atom is 0.453 e. The summed E-state index contributed by atoms with van der Waals surface area (Å²) >= 11 is 0. The first-order valence-electron chi connectivity index (χ1n) is 6.60. The van der Waals surface area contributed by atoms with Crippen LogP contribution in [0.15, 0.2) is 24.3 Å². The Kier molecular flexibility index (Phi) is 4.32. The summed E-state index contributed by atoms with van der Waals surface area (Å²) < 4.78 is 39.6. The van der Waals surface area contributed by atoms with E-state index in [9.17, 15) is 13.2 Å². The van der Waals surface area contributed by atoms with Crippen molar-refractivity contribution in [2.24, 2.45) is 0 Å². The fraction of sp³-hybridized carbons (Fsp3) is 0.429. The Labute approximate surface area is 121 Å². The van der Waals surface area contributed by atoms with Gasteiger partial charge in [-0.05, 0) is 26.5 Å². The monoisotopic (exact) mass is 298 g/mol. The first-order chi connectivity index (χ1) is 9.82. The van der Waals surface area contributed by atoms with Gasteiger partial charge in [-0.3, -0.25) is 0 Å². The van der Waals surface area contributed by atoms with Gasteiger partial charge >= 0.3 is 6.18 Å². The highest BCUT2D eigenvalue weighted by atomic mass is 19.4. The van der Waals surface area contributed by atoms with Crippen LogP contribution in [0.4, 0.5) is 13.2 Å². The molecule has 2 aromatic rings. The van der Waals surface area contributed by atoms with E-state index in [4.69, 9.17) is 0 Å². The molecule has 0 unspecified atom stereocenters. The van der Waals surface area contributed by atoms with Crippen LogP contribution < -0.4 is 5.32 Å². The van der Waals surface area contributed by atoms with Crippen LogP contribution in [-0.4, -0.2) is 21.8 Å². The zero-order valence-corrected chi connectivity index (χ0v) is 12.1. The van der Waals surface area contributed by atoms with E-state index in [1.807, 2.05) is 19.2 Å². The van der Waals surface area contributed by atoms with Crippen molar-refractivity contribution in [3.05, 3.63) is 35.7 Å². The third-order valence-corrected chi connectivity index (χ3v) is 2.97. The summed E-state index contributed by atoms with van der Waals surface area (Å²) in [5.74, 6) is -0.876. The number of halogens is 3. The number of rotatable bonds is 4. The van der Waals surface area contributed by atoms with Crippen molar-refractivity contribution in [3.63, 3.8) is 0 Å². The lowest BCUT2D eigenvalue weighted by atomic mass is 10.1. The number of alkyl halides is 3. The van der Waals surface area contributed by atoms with Gasteiger partial charge in [0.1, 0.15) is 0 Å². The molecule has 0 saturated carbocycles. The van der Waals surface area contributed by atoms with E-state index < -0.39 is 12.0 Å². The zero-order valence-electron chi connectivity index (χ0n) is 12.1. The Morgan fingerprint density at radius 2 is 1.81 bits per heavy atom. The lowest BCUT2D eigenvalue weighted by molar-refractivity contribution is -0.145. The quantitative estimate of drug-likeness (QED) is 0.942. The lowest BCUT2D eigenvalue weighted by Gasteiger charge is -2.09. The van der Waals surface area contributed by atoms with Gasteiger partial charge in [0.15, 0.2) is 5.82 Å². The minimum atomic E-state index is -4.54. The highest BCUT2D eigenvalue weighted by Crippen LogP contribution is 2.30. The van der Waals surface area contributed by atoms with Gasteiger partial charge in [0.25, 0.3) is 5.82 Å². The molecule has 0 saturated heterocycles. The molecule has 0 aliphatic carbocycles. The van der Waals surface area contributed by atoms with E-state index in [1.54, 1.807) is 26.0 Å².